The minimum absolute atomic E-state index is 0.323. The van der Waals surface area contributed by atoms with E-state index >= 15 is 0 Å². The van der Waals surface area contributed by atoms with E-state index in [1.165, 1.54) is 19.3 Å². The average molecular weight is 251 g/mol. The van der Waals surface area contributed by atoms with Crippen LogP contribution in [0.2, 0.25) is 0 Å². The van der Waals surface area contributed by atoms with Gasteiger partial charge in [-0.3, -0.25) is 4.90 Å². The summed E-state index contributed by atoms with van der Waals surface area (Å²) in [6.07, 6.45) is 3.74. The number of rotatable bonds is 5. The van der Waals surface area contributed by atoms with Gasteiger partial charge in [-0.1, -0.05) is 19.6 Å². The predicted octanol–water partition coefficient (Wildman–Crippen LogP) is 4.13. The first-order chi connectivity index (χ1) is 8.29. The Morgan fingerprint density at radius 2 is 1.89 bits per heavy atom. The monoisotopic (exact) mass is 251 g/mol. The van der Waals surface area contributed by atoms with Crippen molar-refractivity contribution >= 4 is 0 Å². The van der Waals surface area contributed by atoms with Gasteiger partial charge in [0.05, 0.1) is 11.8 Å². The van der Waals surface area contributed by atoms with Crippen LogP contribution in [0.15, 0.2) is 24.5 Å². The zero-order chi connectivity index (χ0) is 13.9. The van der Waals surface area contributed by atoms with Crippen molar-refractivity contribution in [3.05, 3.63) is 24.5 Å². The molecule has 1 heterocycles. The van der Waals surface area contributed by atoms with Gasteiger partial charge in [-0.2, -0.15) is 0 Å². The summed E-state index contributed by atoms with van der Waals surface area (Å²) in [5, 5.41) is 0. The first kappa shape index (κ1) is 15.3. The molecule has 0 spiro atoms. The molecule has 0 N–H and O–H groups in total. The van der Waals surface area contributed by atoms with E-state index in [1.807, 2.05) is 6.92 Å². The van der Waals surface area contributed by atoms with Gasteiger partial charge in [-0.05, 0) is 59.6 Å². The van der Waals surface area contributed by atoms with Gasteiger partial charge in [0.2, 0.25) is 0 Å². The smallest absolute Gasteiger partial charge is 0.142 e. The van der Waals surface area contributed by atoms with Gasteiger partial charge in [0.15, 0.2) is 0 Å². The Kier molecular flexibility index (Phi) is 5.03. The summed E-state index contributed by atoms with van der Waals surface area (Å²) in [6.45, 7) is 19.9. The molecular weight excluding hydrogens is 222 g/mol. The molecule has 0 aromatic heterocycles. The standard InChI is InChI=1S/C16H29NO/c1-12(2)16(7,18-14(5)6)15-10-8-9-11-17(15)13(3)4/h13,15H,1,5,8-11H2,2-4,6-7H3. The molecule has 1 aliphatic rings. The van der Waals surface area contributed by atoms with Crippen LogP contribution in [0.5, 0.6) is 0 Å². The van der Waals surface area contributed by atoms with Crippen molar-refractivity contribution in [3.63, 3.8) is 0 Å². The molecule has 0 radical (unpaired) electrons. The maximum absolute atomic E-state index is 6.08. The van der Waals surface area contributed by atoms with Crippen molar-refractivity contribution in [2.75, 3.05) is 6.54 Å². The molecule has 1 saturated heterocycles. The number of ether oxygens (including phenoxy) is 1. The molecule has 1 fully saturated rings. The Morgan fingerprint density at radius 1 is 1.28 bits per heavy atom. The fourth-order valence-electron chi connectivity index (χ4n) is 2.97. The predicted molar refractivity (Wildman–Crippen MR) is 78.6 cm³/mol. The largest absolute Gasteiger partial charge is 0.487 e. The Balaban J connectivity index is 3.02. The van der Waals surface area contributed by atoms with Crippen LogP contribution in [0.1, 0.15) is 53.9 Å². The van der Waals surface area contributed by atoms with Gasteiger partial charge in [0.1, 0.15) is 5.60 Å². The molecule has 0 bridgehead atoms. The SMILES string of the molecule is C=C(C)OC(C)(C(=C)C)C1CCCCN1C(C)C. The van der Waals surface area contributed by atoms with E-state index in [0.29, 0.717) is 12.1 Å². The van der Waals surface area contributed by atoms with E-state index in [1.54, 1.807) is 0 Å². The third-order valence-electron chi connectivity index (χ3n) is 4.08. The number of nitrogens with zero attached hydrogens (tertiary/aromatic N) is 1. The van der Waals surface area contributed by atoms with Gasteiger partial charge >= 0.3 is 0 Å². The van der Waals surface area contributed by atoms with Crippen LogP contribution in [0.3, 0.4) is 0 Å². The second kappa shape index (κ2) is 5.92. The maximum Gasteiger partial charge on any atom is 0.142 e. The molecule has 0 aromatic rings. The van der Waals surface area contributed by atoms with E-state index in [9.17, 15) is 0 Å². The van der Waals surface area contributed by atoms with Gasteiger partial charge in [-0.15, -0.1) is 0 Å². The van der Waals surface area contributed by atoms with Crippen molar-refractivity contribution in [1.29, 1.82) is 0 Å². The minimum Gasteiger partial charge on any atom is -0.487 e. The lowest BCUT2D eigenvalue weighted by molar-refractivity contribution is -0.0549. The first-order valence-electron chi connectivity index (χ1n) is 7.05. The molecule has 0 aromatic carbocycles. The lowest BCUT2D eigenvalue weighted by Gasteiger charge is -2.48. The Morgan fingerprint density at radius 3 is 2.33 bits per heavy atom. The number of piperidine rings is 1. The summed E-state index contributed by atoms with van der Waals surface area (Å²) in [5.74, 6) is 0.773. The third kappa shape index (κ3) is 3.17. The topological polar surface area (TPSA) is 12.5 Å². The lowest BCUT2D eigenvalue weighted by atomic mass is 9.82. The summed E-state index contributed by atoms with van der Waals surface area (Å²) in [6, 6.07) is 0.947. The van der Waals surface area contributed by atoms with Crippen molar-refractivity contribution in [3.8, 4) is 0 Å². The molecule has 0 amide bonds. The van der Waals surface area contributed by atoms with Crippen LogP contribution in [0.4, 0.5) is 0 Å². The van der Waals surface area contributed by atoms with E-state index in [-0.39, 0.29) is 5.60 Å². The molecule has 2 nitrogen and oxygen atoms in total. The molecule has 2 atom stereocenters. The molecule has 0 aliphatic carbocycles. The zero-order valence-electron chi connectivity index (χ0n) is 12.8. The molecule has 18 heavy (non-hydrogen) atoms. The highest BCUT2D eigenvalue weighted by Crippen LogP contribution is 2.36. The number of allylic oxidation sites excluding steroid dienone is 1. The highest BCUT2D eigenvalue weighted by Gasteiger charge is 2.42. The normalized spacial score (nSPS) is 24.7. The highest BCUT2D eigenvalue weighted by atomic mass is 16.5. The molecule has 104 valence electrons. The molecule has 2 unspecified atom stereocenters. The molecule has 1 rings (SSSR count). The van der Waals surface area contributed by atoms with Gasteiger partial charge in [0.25, 0.3) is 0 Å². The van der Waals surface area contributed by atoms with Crippen molar-refractivity contribution < 1.29 is 4.74 Å². The van der Waals surface area contributed by atoms with Crippen LogP contribution < -0.4 is 0 Å². The van der Waals surface area contributed by atoms with Gasteiger partial charge in [0, 0.05) is 6.04 Å². The van der Waals surface area contributed by atoms with E-state index in [4.69, 9.17) is 4.74 Å². The van der Waals surface area contributed by atoms with Crippen LogP contribution in [0.25, 0.3) is 0 Å². The highest BCUT2D eigenvalue weighted by molar-refractivity contribution is 5.16. The quantitative estimate of drug-likeness (QED) is 0.538. The second-order valence-electron chi connectivity index (χ2n) is 6.03. The lowest BCUT2D eigenvalue weighted by Crippen LogP contribution is -2.57. The molecule has 2 heteroatoms. The second-order valence-corrected chi connectivity index (χ2v) is 6.03. The van der Waals surface area contributed by atoms with Gasteiger partial charge in [-0.25, -0.2) is 0 Å². The van der Waals surface area contributed by atoms with Crippen LogP contribution in [0, 0.1) is 0 Å². The van der Waals surface area contributed by atoms with Crippen LogP contribution >= 0.6 is 0 Å². The summed E-state index contributed by atoms with van der Waals surface area (Å²) in [5.41, 5.74) is 0.763. The molecular formula is C16H29NO. The first-order valence-corrected chi connectivity index (χ1v) is 7.05. The number of hydrogen-bond donors (Lipinski definition) is 0. The van der Waals surface area contributed by atoms with Crippen molar-refractivity contribution in [1.82, 2.24) is 4.90 Å². The third-order valence-corrected chi connectivity index (χ3v) is 4.08. The van der Waals surface area contributed by atoms with E-state index in [2.05, 4.69) is 45.8 Å². The van der Waals surface area contributed by atoms with Crippen molar-refractivity contribution in [2.24, 2.45) is 0 Å². The number of likely N-dealkylation sites (tertiary alicyclic amines) is 1. The fourth-order valence-corrected chi connectivity index (χ4v) is 2.97. The summed E-state index contributed by atoms with van der Waals surface area (Å²) >= 11 is 0. The Bertz CT molecular complexity index is 321. The number of hydrogen-bond acceptors (Lipinski definition) is 2. The van der Waals surface area contributed by atoms with Crippen molar-refractivity contribution in [2.45, 2.75) is 71.6 Å². The van der Waals surface area contributed by atoms with E-state index in [0.717, 1.165) is 17.9 Å². The van der Waals surface area contributed by atoms with Crippen LogP contribution in [-0.4, -0.2) is 29.1 Å². The Labute approximate surface area is 113 Å². The molecule has 0 saturated carbocycles. The summed E-state index contributed by atoms with van der Waals surface area (Å²) in [7, 11) is 0. The van der Waals surface area contributed by atoms with E-state index < -0.39 is 0 Å². The summed E-state index contributed by atoms with van der Waals surface area (Å²) in [4.78, 5) is 2.56. The zero-order valence-corrected chi connectivity index (χ0v) is 12.8. The maximum atomic E-state index is 6.08. The minimum atomic E-state index is -0.323. The summed E-state index contributed by atoms with van der Waals surface area (Å²) < 4.78 is 6.08. The molecule has 1 aliphatic heterocycles. The fraction of sp³-hybridized carbons (Fsp3) is 0.750. The van der Waals surface area contributed by atoms with Crippen LogP contribution in [-0.2, 0) is 4.74 Å². The average Bonchev–Trinajstić information content (AvgIpc) is 2.27. The Hall–Kier alpha value is -0.760. The van der Waals surface area contributed by atoms with Gasteiger partial charge < -0.3 is 4.74 Å².